The molecule has 4 nitrogen and oxygen atoms in total. The number of halogens is 1. The minimum atomic E-state index is -0.466. The summed E-state index contributed by atoms with van der Waals surface area (Å²) in [4.78, 5) is 10.1. The fourth-order valence-corrected chi connectivity index (χ4v) is 1.50. The quantitative estimate of drug-likeness (QED) is 0.453. The van der Waals surface area contributed by atoms with Crippen LogP contribution in [0.5, 0.6) is 5.75 Å². The minimum Gasteiger partial charge on any atom is -0.490 e. The fraction of sp³-hybridized carbons (Fsp3) is 0.400. The van der Waals surface area contributed by atoms with E-state index in [-0.39, 0.29) is 16.8 Å². The van der Waals surface area contributed by atoms with Gasteiger partial charge in [0.25, 0.3) is 0 Å². The molecule has 0 N–H and O–H groups in total. The predicted molar refractivity (Wildman–Crippen MR) is 58.7 cm³/mol. The van der Waals surface area contributed by atoms with Crippen molar-refractivity contribution < 1.29 is 9.66 Å². The lowest BCUT2D eigenvalue weighted by molar-refractivity contribution is -0.385. The second-order valence-electron chi connectivity index (χ2n) is 3.25. The molecule has 0 aliphatic rings. The van der Waals surface area contributed by atoms with Crippen LogP contribution >= 0.6 is 11.6 Å². The molecule has 0 aliphatic heterocycles. The molecule has 1 aromatic rings. The van der Waals surface area contributed by atoms with Gasteiger partial charge in [-0.3, -0.25) is 10.1 Å². The standard InChI is InChI=1S/C10H12ClNO3/c1-7(11)5-8-3-4-9(12(13)14)10(6-8)15-2/h3-4,6-7H,5H2,1-2H3. The number of rotatable bonds is 4. The lowest BCUT2D eigenvalue weighted by Gasteiger charge is -2.06. The topological polar surface area (TPSA) is 52.4 Å². The van der Waals surface area contributed by atoms with Gasteiger partial charge in [0.1, 0.15) is 0 Å². The van der Waals surface area contributed by atoms with Gasteiger partial charge in [-0.1, -0.05) is 6.07 Å². The molecule has 0 heterocycles. The third-order valence-corrected chi connectivity index (χ3v) is 2.11. The van der Waals surface area contributed by atoms with Crippen molar-refractivity contribution in [2.75, 3.05) is 7.11 Å². The molecule has 1 atom stereocenters. The van der Waals surface area contributed by atoms with Gasteiger partial charge in [-0.25, -0.2) is 0 Å². The van der Waals surface area contributed by atoms with Crippen LogP contribution in [0.25, 0.3) is 0 Å². The summed E-state index contributed by atoms with van der Waals surface area (Å²) in [5.41, 5.74) is 0.906. The van der Waals surface area contributed by atoms with Crippen molar-refractivity contribution in [3.63, 3.8) is 0 Å². The average molecular weight is 230 g/mol. The summed E-state index contributed by atoms with van der Waals surface area (Å²) in [6.07, 6.45) is 0.663. The first-order chi connectivity index (χ1) is 7.04. The zero-order valence-corrected chi connectivity index (χ0v) is 9.32. The Labute approximate surface area is 93.0 Å². The van der Waals surface area contributed by atoms with E-state index in [1.54, 1.807) is 12.1 Å². The highest BCUT2D eigenvalue weighted by Gasteiger charge is 2.14. The molecule has 1 rings (SSSR count). The molecule has 0 bridgehead atoms. The molecule has 82 valence electrons. The maximum absolute atomic E-state index is 10.6. The Balaban J connectivity index is 3.02. The average Bonchev–Trinajstić information content (AvgIpc) is 2.16. The van der Waals surface area contributed by atoms with Gasteiger partial charge < -0.3 is 4.74 Å². The molecule has 0 amide bonds. The summed E-state index contributed by atoms with van der Waals surface area (Å²) in [6.45, 7) is 1.87. The second kappa shape index (κ2) is 4.98. The number of nitro groups is 1. The molecule has 0 aromatic heterocycles. The van der Waals surface area contributed by atoms with E-state index in [4.69, 9.17) is 16.3 Å². The highest BCUT2D eigenvalue weighted by molar-refractivity contribution is 6.20. The summed E-state index contributed by atoms with van der Waals surface area (Å²) in [6, 6.07) is 4.78. The normalized spacial score (nSPS) is 12.2. The second-order valence-corrected chi connectivity index (χ2v) is 3.99. The molecule has 1 aromatic carbocycles. The van der Waals surface area contributed by atoms with Gasteiger partial charge in [-0.2, -0.15) is 0 Å². The summed E-state index contributed by atoms with van der Waals surface area (Å²) in [5, 5.41) is 10.6. The molecule has 0 saturated carbocycles. The van der Waals surface area contributed by atoms with E-state index in [2.05, 4.69) is 0 Å². The van der Waals surface area contributed by atoms with Crippen LogP contribution in [0.15, 0.2) is 18.2 Å². The first kappa shape index (κ1) is 11.8. The van der Waals surface area contributed by atoms with Crippen LogP contribution in [0.2, 0.25) is 0 Å². The lowest BCUT2D eigenvalue weighted by Crippen LogP contribution is -1.99. The molecular weight excluding hydrogens is 218 g/mol. The largest absolute Gasteiger partial charge is 0.490 e. The molecular formula is C10H12ClNO3. The number of hydrogen-bond donors (Lipinski definition) is 0. The van der Waals surface area contributed by atoms with E-state index in [0.29, 0.717) is 6.42 Å². The van der Waals surface area contributed by atoms with E-state index in [0.717, 1.165) is 5.56 Å². The van der Waals surface area contributed by atoms with Crippen molar-refractivity contribution >= 4 is 17.3 Å². The minimum absolute atomic E-state index is 0.00355. The van der Waals surface area contributed by atoms with Crippen molar-refractivity contribution in [3.8, 4) is 5.75 Å². The Morgan fingerprint density at radius 3 is 2.73 bits per heavy atom. The number of ether oxygens (including phenoxy) is 1. The van der Waals surface area contributed by atoms with E-state index in [1.807, 2.05) is 6.92 Å². The van der Waals surface area contributed by atoms with Crippen molar-refractivity contribution in [3.05, 3.63) is 33.9 Å². The Hall–Kier alpha value is -1.29. The number of alkyl halides is 1. The molecule has 1 unspecified atom stereocenters. The maximum atomic E-state index is 10.6. The van der Waals surface area contributed by atoms with Crippen LogP contribution in [0.3, 0.4) is 0 Å². The van der Waals surface area contributed by atoms with Crippen LogP contribution < -0.4 is 4.74 Å². The lowest BCUT2D eigenvalue weighted by atomic mass is 10.1. The van der Waals surface area contributed by atoms with E-state index in [9.17, 15) is 10.1 Å². The van der Waals surface area contributed by atoms with Crippen LogP contribution in [-0.4, -0.2) is 17.4 Å². The van der Waals surface area contributed by atoms with Gasteiger partial charge in [-0.05, 0) is 25.0 Å². The highest BCUT2D eigenvalue weighted by Crippen LogP contribution is 2.28. The summed E-state index contributed by atoms with van der Waals surface area (Å²) in [5.74, 6) is 0.273. The molecule has 0 spiro atoms. The van der Waals surface area contributed by atoms with Gasteiger partial charge in [0.2, 0.25) is 0 Å². The van der Waals surface area contributed by atoms with Gasteiger partial charge >= 0.3 is 5.69 Å². The third kappa shape index (κ3) is 3.09. The summed E-state index contributed by atoms with van der Waals surface area (Å²) < 4.78 is 4.94. The Morgan fingerprint density at radius 1 is 1.60 bits per heavy atom. The number of methoxy groups -OCH3 is 1. The van der Waals surface area contributed by atoms with Crippen LogP contribution in [0.4, 0.5) is 5.69 Å². The number of nitrogens with zero attached hydrogens (tertiary/aromatic N) is 1. The Bertz CT molecular complexity index is 366. The van der Waals surface area contributed by atoms with Gasteiger partial charge in [0.05, 0.1) is 12.0 Å². The zero-order chi connectivity index (χ0) is 11.4. The van der Waals surface area contributed by atoms with E-state index >= 15 is 0 Å². The third-order valence-electron chi connectivity index (χ3n) is 1.96. The highest BCUT2D eigenvalue weighted by atomic mass is 35.5. The summed E-state index contributed by atoms with van der Waals surface area (Å²) in [7, 11) is 1.41. The molecule has 5 heteroatoms. The van der Waals surface area contributed by atoms with Crippen molar-refractivity contribution in [1.82, 2.24) is 0 Å². The first-order valence-corrected chi connectivity index (χ1v) is 4.93. The summed E-state index contributed by atoms with van der Waals surface area (Å²) >= 11 is 5.84. The Kier molecular flexibility index (Phi) is 3.91. The van der Waals surface area contributed by atoms with Crippen LogP contribution in [-0.2, 0) is 6.42 Å². The predicted octanol–water partition coefficient (Wildman–Crippen LogP) is 2.77. The van der Waals surface area contributed by atoms with E-state index in [1.165, 1.54) is 13.2 Å². The zero-order valence-electron chi connectivity index (χ0n) is 8.57. The van der Waals surface area contributed by atoms with Gasteiger partial charge in [-0.15, -0.1) is 11.6 Å². The molecule has 0 saturated heterocycles. The molecule has 0 fully saturated rings. The monoisotopic (exact) mass is 229 g/mol. The maximum Gasteiger partial charge on any atom is 0.310 e. The fourth-order valence-electron chi connectivity index (χ4n) is 1.32. The van der Waals surface area contributed by atoms with Crippen LogP contribution in [0.1, 0.15) is 12.5 Å². The van der Waals surface area contributed by atoms with Crippen LogP contribution in [0, 0.1) is 10.1 Å². The van der Waals surface area contributed by atoms with Crippen molar-refractivity contribution in [2.24, 2.45) is 0 Å². The van der Waals surface area contributed by atoms with Crippen molar-refractivity contribution in [2.45, 2.75) is 18.7 Å². The molecule has 0 radical (unpaired) electrons. The van der Waals surface area contributed by atoms with Gasteiger partial charge in [0, 0.05) is 11.4 Å². The first-order valence-electron chi connectivity index (χ1n) is 4.50. The van der Waals surface area contributed by atoms with Gasteiger partial charge in [0.15, 0.2) is 5.75 Å². The van der Waals surface area contributed by atoms with E-state index < -0.39 is 4.92 Å². The smallest absolute Gasteiger partial charge is 0.310 e. The van der Waals surface area contributed by atoms with Crippen molar-refractivity contribution in [1.29, 1.82) is 0 Å². The Morgan fingerprint density at radius 2 is 2.27 bits per heavy atom. The SMILES string of the molecule is COc1cc(CC(C)Cl)ccc1[N+](=O)[O-]. The number of hydrogen-bond acceptors (Lipinski definition) is 3. The number of nitro benzene ring substituents is 1. The number of benzene rings is 1. The molecule has 15 heavy (non-hydrogen) atoms. The molecule has 0 aliphatic carbocycles.